The van der Waals surface area contributed by atoms with Gasteiger partial charge in [0.2, 0.25) is 0 Å². The standard InChI is InChI=1S/C28H34Cl2Si.Zr/c1-15(2)21-11-9-13-23-25(21)17(5)19(7)27(23,29)31-28(30)20(8)18(6)26-22(16(3)4)12-10-14-24(26)28;/h9-16H,31H2,1-8H3;. The number of benzene rings is 2. The maximum Gasteiger partial charge on any atom is 0.0923 e. The Morgan fingerprint density at radius 3 is 1.31 bits per heavy atom. The van der Waals surface area contributed by atoms with Gasteiger partial charge in [0.15, 0.2) is 0 Å². The quantitative estimate of drug-likeness (QED) is 0.261. The molecule has 4 heteroatoms. The molecule has 0 amide bonds. The summed E-state index contributed by atoms with van der Waals surface area (Å²) in [5.41, 5.74) is 13.4. The Kier molecular flexibility index (Phi) is 7.37. The minimum Gasteiger partial charge on any atom is -0.114 e. The Morgan fingerprint density at radius 1 is 0.656 bits per heavy atom. The van der Waals surface area contributed by atoms with Gasteiger partial charge in [0.1, 0.15) is 0 Å². The normalized spacial score (nSPS) is 24.8. The van der Waals surface area contributed by atoms with E-state index in [2.05, 4.69) is 91.8 Å². The van der Waals surface area contributed by atoms with Gasteiger partial charge in [-0.05, 0) is 95.2 Å². The summed E-state index contributed by atoms with van der Waals surface area (Å²) >= 11 is 15.3. The minimum absolute atomic E-state index is 0. The molecular formula is C28H34Cl2SiZr. The van der Waals surface area contributed by atoms with Crippen molar-refractivity contribution in [3.8, 4) is 0 Å². The van der Waals surface area contributed by atoms with E-state index in [1.807, 2.05) is 0 Å². The average molecular weight is 561 g/mol. The van der Waals surface area contributed by atoms with Crippen molar-refractivity contribution in [2.75, 3.05) is 0 Å². The zero-order valence-electron chi connectivity index (χ0n) is 20.6. The Bertz CT molecular complexity index is 1050. The molecule has 0 fully saturated rings. The van der Waals surface area contributed by atoms with Crippen molar-refractivity contribution < 1.29 is 26.2 Å². The van der Waals surface area contributed by atoms with Crippen LogP contribution in [-0.4, -0.2) is 9.52 Å². The van der Waals surface area contributed by atoms with Crippen molar-refractivity contribution >= 4 is 43.9 Å². The molecule has 0 aromatic heterocycles. The van der Waals surface area contributed by atoms with E-state index in [0.717, 1.165) is 0 Å². The first-order chi connectivity index (χ1) is 14.4. The fraction of sp³-hybridized carbons (Fsp3) is 0.429. The van der Waals surface area contributed by atoms with E-state index >= 15 is 0 Å². The summed E-state index contributed by atoms with van der Waals surface area (Å²) in [5.74, 6) is 0.932. The predicted molar refractivity (Wildman–Crippen MR) is 141 cm³/mol. The van der Waals surface area contributed by atoms with E-state index < -0.39 is 18.5 Å². The van der Waals surface area contributed by atoms with Crippen LogP contribution in [0.5, 0.6) is 0 Å². The molecule has 2 aliphatic carbocycles. The van der Waals surface area contributed by atoms with Gasteiger partial charge in [0.05, 0.1) is 18.5 Å². The predicted octanol–water partition coefficient (Wildman–Crippen LogP) is 8.20. The number of allylic oxidation sites excluding steroid dienone is 4. The van der Waals surface area contributed by atoms with Crippen LogP contribution in [0.1, 0.15) is 101 Å². The number of hydrogen-bond acceptors (Lipinski definition) is 0. The molecular weight excluding hydrogens is 527 g/mol. The number of halogens is 2. The van der Waals surface area contributed by atoms with Gasteiger partial charge in [-0.25, -0.2) is 0 Å². The number of hydrogen-bond donors (Lipinski definition) is 0. The van der Waals surface area contributed by atoms with Crippen LogP contribution in [0.4, 0.5) is 0 Å². The fourth-order valence-electron chi connectivity index (χ4n) is 5.76. The zero-order valence-corrected chi connectivity index (χ0v) is 26.0. The summed E-state index contributed by atoms with van der Waals surface area (Å²) in [5, 5.41) is 0. The molecule has 4 rings (SSSR count). The summed E-state index contributed by atoms with van der Waals surface area (Å²) in [6.07, 6.45) is 0. The third-order valence-electron chi connectivity index (χ3n) is 7.84. The third-order valence-corrected chi connectivity index (χ3v) is 12.4. The Hall–Kier alpha value is -0.400. The topological polar surface area (TPSA) is 0 Å². The van der Waals surface area contributed by atoms with Crippen molar-refractivity contribution in [2.45, 2.75) is 76.2 Å². The Balaban J connectivity index is 0.00000289. The van der Waals surface area contributed by atoms with Crippen LogP contribution >= 0.6 is 23.2 Å². The fourth-order valence-corrected chi connectivity index (χ4v) is 10.5. The molecule has 0 N–H and O–H groups in total. The van der Waals surface area contributed by atoms with Gasteiger partial charge in [-0.2, -0.15) is 0 Å². The second-order valence-corrected chi connectivity index (χ2v) is 14.8. The average Bonchev–Trinajstić information content (AvgIpc) is 3.04. The maximum atomic E-state index is 7.67. The van der Waals surface area contributed by atoms with Gasteiger partial charge in [-0.1, -0.05) is 64.1 Å². The van der Waals surface area contributed by atoms with Crippen LogP contribution in [0.2, 0.25) is 0 Å². The monoisotopic (exact) mass is 558 g/mol. The SMILES string of the molecule is CC1=C(C)C(Cl)([SiH2]C2(Cl)C(C)=C(C)c3c(C(C)C)cccc32)c2cccc(C(C)C)c21.[Zr]. The van der Waals surface area contributed by atoms with Gasteiger partial charge in [0.25, 0.3) is 0 Å². The van der Waals surface area contributed by atoms with Gasteiger partial charge in [-0.3, -0.25) is 0 Å². The molecule has 0 spiro atoms. The molecule has 2 unspecified atom stereocenters. The van der Waals surface area contributed by atoms with Gasteiger partial charge in [0, 0.05) is 26.2 Å². The third kappa shape index (κ3) is 3.64. The second kappa shape index (κ2) is 8.99. The van der Waals surface area contributed by atoms with Gasteiger partial charge in [-0.15, -0.1) is 23.2 Å². The molecule has 0 heterocycles. The molecule has 0 saturated carbocycles. The molecule has 0 aliphatic heterocycles. The van der Waals surface area contributed by atoms with Crippen LogP contribution in [-0.2, 0) is 35.2 Å². The van der Waals surface area contributed by atoms with Crippen molar-refractivity contribution in [1.82, 2.24) is 0 Å². The van der Waals surface area contributed by atoms with Gasteiger partial charge >= 0.3 is 0 Å². The summed E-state index contributed by atoms with van der Waals surface area (Å²) in [6, 6.07) is 13.4. The van der Waals surface area contributed by atoms with E-state index in [4.69, 9.17) is 23.2 Å². The van der Waals surface area contributed by atoms with Gasteiger partial charge < -0.3 is 0 Å². The van der Waals surface area contributed by atoms with E-state index in [-0.39, 0.29) is 26.2 Å². The second-order valence-electron chi connectivity index (χ2n) is 10.1. The van der Waals surface area contributed by atoms with E-state index in [0.29, 0.717) is 11.8 Å². The maximum absolute atomic E-state index is 7.67. The molecule has 2 atom stereocenters. The van der Waals surface area contributed by atoms with Crippen LogP contribution in [0.15, 0.2) is 47.5 Å². The number of alkyl halides is 2. The van der Waals surface area contributed by atoms with Crippen LogP contribution < -0.4 is 0 Å². The van der Waals surface area contributed by atoms with Crippen molar-refractivity contribution in [3.63, 3.8) is 0 Å². The number of rotatable bonds is 4. The van der Waals surface area contributed by atoms with E-state index in [1.54, 1.807) is 0 Å². The Morgan fingerprint density at radius 2 is 1.00 bits per heavy atom. The summed E-state index contributed by atoms with van der Waals surface area (Å²) in [7, 11) is -1.07. The van der Waals surface area contributed by atoms with E-state index in [9.17, 15) is 0 Å². The summed E-state index contributed by atoms with van der Waals surface area (Å²) in [4.78, 5) is 0. The summed E-state index contributed by atoms with van der Waals surface area (Å²) in [6.45, 7) is 18.0. The van der Waals surface area contributed by atoms with Crippen LogP contribution in [0.3, 0.4) is 0 Å². The summed E-state index contributed by atoms with van der Waals surface area (Å²) < 4.78 is -0.938. The first-order valence-electron chi connectivity index (χ1n) is 11.5. The Labute approximate surface area is 225 Å². The molecule has 2 aliphatic rings. The first-order valence-corrected chi connectivity index (χ1v) is 13.6. The molecule has 2 aromatic carbocycles. The van der Waals surface area contributed by atoms with Crippen LogP contribution in [0.25, 0.3) is 11.1 Å². The molecule has 0 nitrogen and oxygen atoms in total. The largest absolute Gasteiger partial charge is 0.114 e. The smallest absolute Gasteiger partial charge is 0.0923 e. The number of fused-ring (bicyclic) bond motifs is 2. The van der Waals surface area contributed by atoms with Crippen molar-refractivity contribution in [2.24, 2.45) is 0 Å². The molecule has 2 aromatic rings. The minimum atomic E-state index is -1.07. The molecule has 0 bridgehead atoms. The molecule has 32 heavy (non-hydrogen) atoms. The first kappa shape index (κ1) is 26.2. The van der Waals surface area contributed by atoms with Crippen LogP contribution in [0, 0.1) is 0 Å². The van der Waals surface area contributed by atoms with Crippen molar-refractivity contribution in [3.05, 3.63) is 80.9 Å². The molecule has 0 radical (unpaired) electrons. The zero-order chi connectivity index (χ0) is 22.9. The van der Waals surface area contributed by atoms with E-state index in [1.165, 1.54) is 55.7 Å². The molecule has 0 saturated heterocycles. The van der Waals surface area contributed by atoms with Crippen molar-refractivity contribution in [1.29, 1.82) is 0 Å². The molecule has 168 valence electrons.